The fraction of sp³-hybridized carbons (Fsp3) is 0.300. The number of halogens is 1. The summed E-state index contributed by atoms with van der Waals surface area (Å²) in [6, 6.07) is 1.38. The molecule has 1 aromatic rings. The molecule has 1 aromatic heterocycles. The van der Waals surface area contributed by atoms with Gasteiger partial charge in [0, 0.05) is 17.8 Å². The number of hydrazine groups is 1. The second-order valence-electron chi connectivity index (χ2n) is 3.86. The molecule has 0 aliphatic carbocycles. The minimum Gasteiger partial charge on any atom is -0.400 e. The number of pyridine rings is 1. The monoisotopic (exact) mass is 269 g/mol. The predicted octanol–water partition coefficient (Wildman–Crippen LogP) is 1.26. The van der Waals surface area contributed by atoms with E-state index in [9.17, 15) is 4.91 Å². The first kappa shape index (κ1) is 12.7. The van der Waals surface area contributed by atoms with Crippen LogP contribution < -0.4 is 16.6 Å². The molecule has 96 valence electrons. The summed E-state index contributed by atoms with van der Waals surface area (Å²) >= 11 is 5.94. The SMILES string of the molecule is N/C(=C\N(N)c1ncc(N=O)cc1Cl)C1COC1. The lowest BCUT2D eigenvalue weighted by Gasteiger charge is -2.27. The topological polar surface area (TPSA) is 107 Å². The van der Waals surface area contributed by atoms with Gasteiger partial charge in [0.1, 0.15) is 5.69 Å². The van der Waals surface area contributed by atoms with Crippen LogP contribution in [0.3, 0.4) is 0 Å². The van der Waals surface area contributed by atoms with Gasteiger partial charge in [-0.3, -0.25) is 5.01 Å². The van der Waals surface area contributed by atoms with Gasteiger partial charge >= 0.3 is 0 Å². The molecule has 18 heavy (non-hydrogen) atoms. The van der Waals surface area contributed by atoms with Gasteiger partial charge in [0.05, 0.1) is 24.4 Å². The van der Waals surface area contributed by atoms with E-state index in [4.69, 9.17) is 27.9 Å². The number of hydrogen-bond donors (Lipinski definition) is 2. The van der Waals surface area contributed by atoms with E-state index in [0.717, 1.165) is 0 Å². The molecule has 7 nitrogen and oxygen atoms in total. The fourth-order valence-corrected chi connectivity index (χ4v) is 1.67. The van der Waals surface area contributed by atoms with Gasteiger partial charge in [0.2, 0.25) is 0 Å². The van der Waals surface area contributed by atoms with E-state index in [1.54, 1.807) is 0 Å². The van der Waals surface area contributed by atoms with Crippen LogP contribution in [0.25, 0.3) is 0 Å². The van der Waals surface area contributed by atoms with Gasteiger partial charge in [0.25, 0.3) is 0 Å². The third-order valence-electron chi connectivity index (χ3n) is 2.55. The number of hydrogen-bond acceptors (Lipinski definition) is 7. The zero-order valence-electron chi connectivity index (χ0n) is 9.41. The van der Waals surface area contributed by atoms with Crippen molar-refractivity contribution in [3.8, 4) is 0 Å². The Kier molecular flexibility index (Phi) is 3.75. The number of anilines is 1. The number of nitrogens with two attached hydrogens (primary N) is 2. The molecule has 4 N–H and O–H groups in total. The highest BCUT2D eigenvalue weighted by molar-refractivity contribution is 6.33. The predicted molar refractivity (Wildman–Crippen MR) is 67.9 cm³/mol. The summed E-state index contributed by atoms with van der Waals surface area (Å²) in [7, 11) is 0. The molecule has 0 amide bonds. The second kappa shape index (κ2) is 5.30. The maximum absolute atomic E-state index is 10.3. The van der Waals surface area contributed by atoms with Gasteiger partial charge in [-0.15, -0.1) is 4.91 Å². The van der Waals surface area contributed by atoms with Gasteiger partial charge in [-0.2, -0.15) is 0 Å². The van der Waals surface area contributed by atoms with Gasteiger partial charge in [-0.1, -0.05) is 11.6 Å². The molecular formula is C10H12ClN5O2. The first-order valence-corrected chi connectivity index (χ1v) is 5.57. The minimum absolute atomic E-state index is 0.140. The molecule has 0 atom stereocenters. The molecule has 2 heterocycles. The van der Waals surface area contributed by atoms with Crippen molar-refractivity contribution in [3.63, 3.8) is 0 Å². The Morgan fingerprint density at radius 1 is 1.67 bits per heavy atom. The lowest BCUT2D eigenvalue weighted by molar-refractivity contribution is -0.0140. The first-order chi connectivity index (χ1) is 8.61. The van der Waals surface area contributed by atoms with Crippen molar-refractivity contribution in [2.75, 3.05) is 18.2 Å². The summed E-state index contributed by atoms with van der Waals surface area (Å²) < 4.78 is 5.03. The van der Waals surface area contributed by atoms with Crippen molar-refractivity contribution >= 4 is 23.1 Å². The van der Waals surface area contributed by atoms with Crippen LogP contribution in [0.2, 0.25) is 5.02 Å². The van der Waals surface area contributed by atoms with E-state index in [1.165, 1.54) is 23.5 Å². The third-order valence-corrected chi connectivity index (χ3v) is 2.83. The standard InChI is InChI=1S/C10H12ClN5O2/c11-8-1-7(15-17)2-14-10(8)16(13)3-9(12)6-4-18-5-6/h1-3,6H,4-5,12-13H2/b9-3-. The van der Waals surface area contributed by atoms with Crippen molar-refractivity contribution in [1.29, 1.82) is 0 Å². The molecule has 1 aliphatic rings. The third kappa shape index (κ3) is 2.58. The van der Waals surface area contributed by atoms with Gasteiger partial charge in [0.15, 0.2) is 5.82 Å². The number of aromatic nitrogens is 1. The Bertz CT molecular complexity index is 489. The Morgan fingerprint density at radius 2 is 2.39 bits per heavy atom. The van der Waals surface area contributed by atoms with Crippen molar-refractivity contribution in [3.05, 3.63) is 34.1 Å². The van der Waals surface area contributed by atoms with Crippen LogP contribution in [0.5, 0.6) is 0 Å². The van der Waals surface area contributed by atoms with Gasteiger partial charge in [-0.05, 0) is 11.2 Å². The van der Waals surface area contributed by atoms with E-state index in [2.05, 4.69) is 10.2 Å². The van der Waals surface area contributed by atoms with Crippen molar-refractivity contribution in [2.45, 2.75) is 0 Å². The van der Waals surface area contributed by atoms with Gasteiger partial charge in [-0.25, -0.2) is 10.8 Å². The summed E-state index contributed by atoms with van der Waals surface area (Å²) in [5, 5.41) is 4.17. The summed E-state index contributed by atoms with van der Waals surface area (Å²) in [4.78, 5) is 14.3. The molecule has 0 radical (unpaired) electrons. The molecule has 0 unspecified atom stereocenters. The molecule has 1 saturated heterocycles. The molecule has 0 spiro atoms. The molecule has 0 aromatic carbocycles. The van der Waals surface area contributed by atoms with Crippen LogP contribution >= 0.6 is 11.6 Å². The summed E-state index contributed by atoms with van der Waals surface area (Å²) in [5.41, 5.74) is 6.58. The number of nitroso groups, excluding NO2 is 1. The van der Waals surface area contributed by atoms with Crippen molar-refractivity contribution in [1.82, 2.24) is 4.98 Å². The van der Waals surface area contributed by atoms with Crippen LogP contribution in [0.15, 0.2) is 29.3 Å². The zero-order valence-corrected chi connectivity index (χ0v) is 10.2. The molecule has 8 heteroatoms. The van der Waals surface area contributed by atoms with Crippen LogP contribution in [-0.4, -0.2) is 18.2 Å². The lowest BCUT2D eigenvalue weighted by atomic mass is 10.1. The molecular weight excluding hydrogens is 258 g/mol. The first-order valence-electron chi connectivity index (χ1n) is 5.19. The van der Waals surface area contributed by atoms with E-state index in [-0.39, 0.29) is 16.6 Å². The Hall–Kier alpha value is -1.70. The lowest BCUT2D eigenvalue weighted by Crippen LogP contribution is -2.35. The van der Waals surface area contributed by atoms with Crippen LogP contribution in [-0.2, 0) is 4.74 Å². The highest BCUT2D eigenvalue weighted by atomic mass is 35.5. The molecule has 2 rings (SSSR count). The minimum atomic E-state index is 0.140. The maximum atomic E-state index is 10.3. The molecule has 0 saturated carbocycles. The van der Waals surface area contributed by atoms with Gasteiger partial charge < -0.3 is 10.5 Å². The van der Waals surface area contributed by atoms with Crippen molar-refractivity contribution in [2.24, 2.45) is 22.7 Å². The maximum Gasteiger partial charge on any atom is 0.165 e. The number of ether oxygens (including phenoxy) is 1. The summed E-state index contributed by atoms with van der Waals surface area (Å²) in [5.74, 6) is 6.26. The van der Waals surface area contributed by atoms with Crippen molar-refractivity contribution < 1.29 is 4.74 Å². The average Bonchev–Trinajstić information content (AvgIpc) is 2.25. The van der Waals surface area contributed by atoms with E-state index >= 15 is 0 Å². The van der Waals surface area contributed by atoms with Crippen LogP contribution in [0, 0.1) is 10.8 Å². The highest BCUT2D eigenvalue weighted by Gasteiger charge is 2.21. The molecule has 1 fully saturated rings. The second-order valence-corrected chi connectivity index (χ2v) is 4.27. The molecule has 1 aliphatic heterocycles. The number of rotatable bonds is 4. The summed E-state index contributed by atoms with van der Waals surface area (Å²) in [6.07, 6.45) is 2.82. The van der Waals surface area contributed by atoms with E-state index in [0.29, 0.717) is 24.7 Å². The van der Waals surface area contributed by atoms with E-state index in [1.807, 2.05) is 0 Å². The fourth-order valence-electron chi connectivity index (χ4n) is 1.42. The van der Waals surface area contributed by atoms with Crippen LogP contribution in [0.1, 0.15) is 0 Å². The molecule has 0 bridgehead atoms. The van der Waals surface area contributed by atoms with E-state index < -0.39 is 0 Å². The Labute approximate surface area is 108 Å². The zero-order chi connectivity index (χ0) is 13.1. The largest absolute Gasteiger partial charge is 0.400 e. The Morgan fingerprint density at radius 3 is 2.89 bits per heavy atom. The summed E-state index contributed by atoms with van der Waals surface area (Å²) in [6.45, 7) is 1.18. The highest BCUT2D eigenvalue weighted by Crippen LogP contribution is 2.26. The number of nitrogens with zero attached hydrogens (tertiary/aromatic N) is 3. The Balaban J connectivity index is 2.17. The average molecular weight is 270 g/mol. The normalized spacial score (nSPS) is 16.2. The quantitative estimate of drug-likeness (QED) is 0.484. The van der Waals surface area contributed by atoms with Crippen LogP contribution in [0.4, 0.5) is 11.5 Å². The smallest absolute Gasteiger partial charge is 0.165 e.